The maximum Gasteiger partial charge on any atom is 0.105 e. The molecule has 0 radical (unpaired) electrons. The van der Waals surface area contributed by atoms with E-state index in [9.17, 15) is 0 Å². The lowest BCUT2D eigenvalue weighted by molar-refractivity contribution is 0.0167. The van der Waals surface area contributed by atoms with Crippen LogP contribution in [0.5, 0.6) is 0 Å². The lowest BCUT2D eigenvalue weighted by Crippen LogP contribution is -2.30. The van der Waals surface area contributed by atoms with Crippen molar-refractivity contribution in [2.45, 2.75) is 25.4 Å². The van der Waals surface area contributed by atoms with Crippen LogP contribution in [0.25, 0.3) is 0 Å². The van der Waals surface area contributed by atoms with Crippen LogP contribution >= 0.6 is 11.3 Å². The summed E-state index contributed by atoms with van der Waals surface area (Å²) in [5.41, 5.74) is 2.82. The van der Waals surface area contributed by atoms with Gasteiger partial charge in [-0.1, -0.05) is 37.3 Å². The molecule has 0 saturated carbocycles. The molecule has 0 saturated heterocycles. The highest BCUT2D eigenvalue weighted by Crippen LogP contribution is 2.40. The molecule has 3 heteroatoms. The van der Waals surface area contributed by atoms with Crippen LogP contribution in [-0.4, -0.2) is 31.6 Å². The molecule has 2 nitrogen and oxygen atoms in total. The second kappa shape index (κ2) is 6.73. The molecule has 0 N–H and O–H groups in total. The smallest absolute Gasteiger partial charge is 0.105 e. The van der Waals surface area contributed by atoms with Crippen molar-refractivity contribution in [3.63, 3.8) is 0 Å². The number of thiophene rings is 1. The van der Waals surface area contributed by atoms with Gasteiger partial charge in [-0.3, -0.25) is 0 Å². The third-order valence-electron chi connectivity index (χ3n) is 4.14. The summed E-state index contributed by atoms with van der Waals surface area (Å²) in [7, 11) is 2.18. The van der Waals surface area contributed by atoms with Crippen LogP contribution in [0.1, 0.15) is 41.4 Å². The van der Waals surface area contributed by atoms with Crippen molar-refractivity contribution in [3.05, 3.63) is 57.8 Å². The molecule has 0 amide bonds. The highest BCUT2D eigenvalue weighted by molar-refractivity contribution is 7.10. The maximum absolute atomic E-state index is 6.22. The monoisotopic (exact) mass is 301 g/mol. The molecule has 112 valence electrons. The quantitative estimate of drug-likeness (QED) is 0.816. The predicted octanol–water partition coefficient (Wildman–Crippen LogP) is 4.29. The summed E-state index contributed by atoms with van der Waals surface area (Å²) in [6.07, 6.45) is 1.42. The summed E-state index contributed by atoms with van der Waals surface area (Å²) in [5, 5.41) is 2.21. The predicted molar refractivity (Wildman–Crippen MR) is 89.1 cm³/mol. The standard InChI is InChI=1S/C18H23NOS/c1-3-10-19(2)12-17-18-15(9-11-21-18)16(13-20-17)14-7-5-4-6-8-14/h4-9,11,16-17H,3,10,12-13H2,1-2H3/t16-,17-/m1/s1. The van der Waals surface area contributed by atoms with E-state index in [0.29, 0.717) is 5.92 Å². The molecular formula is C18H23NOS. The van der Waals surface area contributed by atoms with Crippen molar-refractivity contribution in [1.29, 1.82) is 0 Å². The molecule has 0 aliphatic carbocycles. The number of benzene rings is 1. The van der Waals surface area contributed by atoms with Gasteiger partial charge in [-0.15, -0.1) is 11.3 Å². The molecule has 1 aromatic heterocycles. The molecule has 0 unspecified atom stereocenters. The Bertz CT molecular complexity index is 566. The van der Waals surface area contributed by atoms with Gasteiger partial charge in [-0.25, -0.2) is 0 Å². The minimum absolute atomic E-state index is 0.233. The Morgan fingerprint density at radius 2 is 2.05 bits per heavy atom. The maximum atomic E-state index is 6.22. The van der Waals surface area contributed by atoms with Crippen molar-refractivity contribution in [2.24, 2.45) is 0 Å². The Morgan fingerprint density at radius 1 is 1.24 bits per heavy atom. The second-order valence-electron chi connectivity index (χ2n) is 5.79. The Labute approximate surface area is 131 Å². The van der Waals surface area contributed by atoms with E-state index in [-0.39, 0.29) is 6.10 Å². The van der Waals surface area contributed by atoms with Gasteiger partial charge in [0.05, 0.1) is 6.61 Å². The molecule has 1 aliphatic heterocycles. The van der Waals surface area contributed by atoms with E-state index in [1.54, 1.807) is 0 Å². The normalized spacial score (nSPS) is 21.5. The van der Waals surface area contributed by atoms with Crippen LogP contribution in [0.3, 0.4) is 0 Å². The van der Waals surface area contributed by atoms with Gasteiger partial charge in [0.25, 0.3) is 0 Å². The third kappa shape index (κ3) is 3.20. The summed E-state index contributed by atoms with van der Waals surface area (Å²) in [5.74, 6) is 0.389. The molecule has 2 heterocycles. The summed E-state index contributed by atoms with van der Waals surface area (Å²) < 4.78 is 6.22. The van der Waals surface area contributed by atoms with E-state index in [1.807, 2.05) is 11.3 Å². The van der Waals surface area contributed by atoms with Gasteiger partial charge in [0, 0.05) is 17.3 Å². The second-order valence-corrected chi connectivity index (χ2v) is 6.74. The lowest BCUT2D eigenvalue weighted by Gasteiger charge is -2.32. The average molecular weight is 301 g/mol. The molecule has 3 rings (SSSR count). The molecule has 0 bridgehead atoms. The zero-order valence-corrected chi connectivity index (χ0v) is 13.6. The van der Waals surface area contributed by atoms with Crippen molar-refractivity contribution in [1.82, 2.24) is 4.90 Å². The van der Waals surface area contributed by atoms with Crippen molar-refractivity contribution in [2.75, 3.05) is 26.7 Å². The van der Waals surface area contributed by atoms with Gasteiger partial charge in [-0.2, -0.15) is 0 Å². The highest BCUT2D eigenvalue weighted by atomic mass is 32.1. The summed E-state index contributed by atoms with van der Waals surface area (Å²) in [4.78, 5) is 3.79. The van der Waals surface area contributed by atoms with E-state index in [2.05, 4.69) is 60.6 Å². The van der Waals surface area contributed by atoms with E-state index >= 15 is 0 Å². The zero-order valence-electron chi connectivity index (χ0n) is 12.8. The summed E-state index contributed by atoms with van der Waals surface area (Å²) in [6, 6.07) is 13.0. The number of ether oxygens (including phenoxy) is 1. The molecule has 0 fully saturated rings. The Morgan fingerprint density at radius 3 is 2.81 bits per heavy atom. The first-order valence-electron chi connectivity index (χ1n) is 7.72. The molecule has 1 aromatic carbocycles. The van der Waals surface area contributed by atoms with Crippen molar-refractivity contribution < 1.29 is 4.74 Å². The molecule has 21 heavy (non-hydrogen) atoms. The van der Waals surface area contributed by atoms with Gasteiger partial charge in [-0.05, 0) is 42.6 Å². The average Bonchev–Trinajstić information content (AvgIpc) is 2.98. The number of nitrogens with zero attached hydrogens (tertiary/aromatic N) is 1. The number of fused-ring (bicyclic) bond motifs is 1. The van der Waals surface area contributed by atoms with E-state index in [0.717, 1.165) is 19.7 Å². The SMILES string of the molecule is CCCN(C)C[C@H]1OC[C@H](c2ccccc2)c2ccsc21. The summed E-state index contributed by atoms with van der Waals surface area (Å²) >= 11 is 1.84. The van der Waals surface area contributed by atoms with Crippen molar-refractivity contribution >= 4 is 11.3 Å². The Hall–Kier alpha value is -1.16. The summed E-state index contributed by atoms with van der Waals surface area (Å²) in [6.45, 7) is 5.13. The van der Waals surface area contributed by atoms with Crippen LogP contribution in [0, 0.1) is 0 Å². The third-order valence-corrected chi connectivity index (χ3v) is 5.17. The lowest BCUT2D eigenvalue weighted by atomic mass is 9.89. The fourth-order valence-electron chi connectivity index (χ4n) is 3.11. The first kappa shape index (κ1) is 14.8. The zero-order chi connectivity index (χ0) is 14.7. The van der Waals surface area contributed by atoms with E-state index in [4.69, 9.17) is 4.74 Å². The van der Waals surface area contributed by atoms with Crippen LogP contribution in [-0.2, 0) is 4.74 Å². The largest absolute Gasteiger partial charge is 0.370 e. The molecule has 2 aromatic rings. The number of likely N-dealkylation sites (N-methyl/N-ethyl adjacent to an activating group) is 1. The molecule has 2 atom stereocenters. The van der Waals surface area contributed by atoms with Crippen LogP contribution in [0.4, 0.5) is 0 Å². The first-order chi connectivity index (χ1) is 10.3. The van der Waals surface area contributed by atoms with Crippen LogP contribution < -0.4 is 0 Å². The molecule has 1 aliphatic rings. The van der Waals surface area contributed by atoms with E-state index in [1.165, 1.54) is 22.4 Å². The Balaban J connectivity index is 1.81. The van der Waals surface area contributed by atoms with Crippen LogP contribution in [0.15, 0.2) is 41.8 Å². The number of rotatable bonds is 5. The van der Waals surface area contributed by atoms with Gasteiger partial charge in [0.15, 0.2) is 0 Å². The molecule has 0 spiro atoms. The minimum Gasteiger partial charge on any atom is -0.370 e. The first-order valence-corrected chi connectivity index (χ1v) is 8.60. The number of hydrogen-bond donors (Lipinski definition) is 0. The number of hydrogen-bond acceptors (Lipinski definition) is 3. The van der Waals surface area contributed by atoms with Crippen molar-refractivity contribution in [3.8, 4) is 0 Å². The highest BCUT2D eigenvalue weighted by Gasteiger charge is 2.30. The van der Waals surface area contributed by atoms with Crippen LogP contribution in [0.2, 0.25) is 0 Å². The molecular weight excluding hydrogens is 278 g/mol. The topological polar surface area (TPSA) is 12.5 Å². The fourth-order valence-corrected chi connectivity index (χ4v) is 4.11. The van der Waals surface area contributed by atoms with Gasteiger partial charge in [0.2, 0.25) is 0 Å². The van der Waals surface area contributed by atoms with Gasteiger partial charge in [0.1, 0.15) is 6.10 Å². The Kier molecular flexibility index (Phi) is 4.73. The minimum atomic E-state index is 0.233. The van der Waals surface area contributed by atoms with Gasteiger partial charge < -0.3 is 9.64 Å². The van der Waals surface area contributed by atoms with Gasteiger partial charge >= 0.3 is 0 Å². The fraction of sp³-hybridized carbons (Fsp3) is 0.444. The van der Waals surface area contributed by atoms with E-state index < -0.39 is 0 Å².